The first-order chi connectivity index (χ1) is 8.79. The van der Waals surface area contributed by atoms with Crippen LogP contribution in [-0.2, 0) is 16.0 Å². The fourth-order valence-corrected chi connectivity index (χ4v) is 1.46. The largest absolute Gasteiger partial charge is 0.462 e. The third-order valence-electron chi connectivity index (χ3n) is 2.24. The molecule has 8 heteroatoms. The van der Waals surface area contributed by atoms with Crippen LogP contribution in [0.3, 0.4) is 0 Å². The molecular formula is C11H10F3NO4. The molecular weight excluding hydrogens is 267 g/mol. The molecule has 0 aliphatic rings. The number of nitro benzene ring substituents is 1. The topological polar surface area (TPSA) is 69.4 Å². The molecule has 0 aliphatic carbocycles. The number of esters is 1. The predicted octanol–water partition coefficient (Wildman–Crippen LogP) is 2.47. The fourth-order valence-electron chi connectivity index (χ4n) is 1.46. The normalized spacial score (nSPS) is 11.2. The number of carbonyl (C=O) groups excluding carboxylic acids is 1. The second kappa shape index (κ2) is 5.68. The van der Waals surface area contributed by atoms with Crippen LogP contribution in [-0.4, -0.2) is 23.4 Å². The first-order valence-corrected chi connectivity index (χ1v) is 5.26. The van der Waals surface area contributed by atoms with Crippen molar-refractivity contribution in [1.29, 1.82) is 0 Å². The van der Waals surface area contributed by atoms with E-state index in [0.29, 0.717) is 0 Å². The van der Waals surface area contributed by atoms with Gasteiger partial charge in [-0.1, -0.05) is 12.1 Å². The van der Waals surface area contributed by atoms with E-state index in [9.17, 15) is 28.1 Å². The summed E-state index contributed by atoms with van der Waals surface area (Å²) in [4.78, 5) is 20.5. The van der Waals surface area contributed by atoms with Crippen LogP contribution in [0.2, 0.25) is 0 Å². The van der Waals surface area contributed by atoms with Gasteiger partial charge in [-0.3, -0.25) is 10.1 Å². The number of benzene rings is 1. The summed E-state index contributed by atoms with van der Waals surface area (Å²) in [7, 11) is 0. The number of para-hydroxylation sites is 1. The number of alkyl halides is 2. The van der Waals surface area contributed by atoms with Crippen LogP contribution in [0.4, 0.5) is 18.9 Å². The van der Waals surface area contributed by atoms with E-state index in [0.717, 1.165) is 18.2 Å². The summed E-state index contributed by atoms with van der Waals surface area (Å²) in [5, 5.41) is 10.6. The highest BCUT2D eigenvalue weighted by molar-refractivity contribution is 5.78. The lowest BCUT2D eigenvalue weighted by atomic mass is 10.0. The molecule has 0 atom stereocenters. The molecule has 1 rings (SSSR count). The van der Waals surface area contributed by atoms with Gasteiger partial charge in [-0.25, -0.2) is 4.79 Å². The lowest BCUT2D eigenvalue weighted by molar-refractivity contribution is -0.388. The molecule has 0 radical (unpaired) electrons. The number of hydrogen-bond acceptors (Lipinski definition) is 4. The monoisotopic (exact) mass is 277 g/mol. The Balaban J connectivity index is 3.09. The molecule has 5 nitrogen and oxygen atoms in total. The molecule has 0 fully saturated rings. The Bertz CT molecular complexity index is 505. The summed E-state index contributed by atoms with van der Waals surface area (Å²) in [5.41, 5.74) is -1.63. The minimum absolute atomic E-state index is 0.250. The molecule has 0 amide bonds. The van der Waals surface area contributed by atoms with Crippen LogP contribution in [0, 0.1) is 15.9 Å². The highest BCUT2D eigenvalue weighted by atomic mass is 19.3. The number of rotatable bonds is 5. The Labute approximate surface area is 106 Å². The maximum atomic E-state index is 13.4. The zero-order valence-electron chi connectivity index (χ0n) is 9.86. The number of nitro groups is 1. The molecule has 19 heavy (non-hydrogen) atoms. The van der Waals surface area contributed by atoms with Crippen molar-refractivity contribution in [2.45, 2.75) is 19.3 Å². The van der Waals surface area contributed by atoms with Crippen molar-refractivity contribution in [3.63, 3.8) is 0 Å². The third-order valence-corrected chi connectivity index (χ3v) is 2.24. The van der Waals surface area contributed by atoms with Crippen LogP contribution < -0.4 is 0 Å². The van der Waals surface area contributed by atoms with Gasteiger partial charge in [0, 0.05) is 5.56 Å². The Morgan fingerprint density at radius 2 is 2.11 bits per heavy atom. The standard InChI is InChI=1S/C11H10F3NO4/c1-2-19-10(16)11(13,14)6-7-4-3-5-8(12)9(7)15(17)18/h3-5H,2,6H2,1H3. The smallest absolute Gasteiger partial charge is 0.377 e. The molecule has 0 aromatic heterocycles. The van der Waals surface area contributed by atoms with Gasteiger partial charge in [-0.2, -0.15) is 13.2 Å². The average Bonchev–Trinajstić information content (AvgIpc) is 2.28. The van der Waals surface area contributed by atoms with Gasteiger partial charge in [0.05, 0.1) is 18.0 Å². The number of ether oxygens (including phenoxy) is 1. The lowest BCUT2D eigenvalue weighted by Gasteiger charge is -2.14. The van der Waals surface area contributed by atoms with Crippen molar-refractivity contribution in [3.05, 3.63) is 39.7 Å². The van der Waals surface area contributed by atoms with E-state index in [2.05, 4.69) is 4.74 Å². The van der Waals surface area contributed by atoms with Crippen LogP contribution in [0.5, 0.6) is 0 Å². The van der Waals surface area contributed by atoms with Crippen molar-refractivity contribution in [2.75, 3.05) is 6.61 Å². The Morgan fingerprint density at radius 1 is 1.47 bits per heavy atom. The molecule has 1 aromatic carbocycles. The summed E-state index contributed by atoms with van der Waals surface area (Å²) in [6.07, 6.45) is -1.29. The zero-order valence-corrected chi connectivity index (χ0v) is 9.86. The number of hydrogen-bond donors (Lipinski definition) is 0. The van der Waals surface area contributed by atoms with E-state index < -0.39 is 40.3 Å². The van der Waals surface area contributed by atoms with Gasteiger partial charge in [-0.15, -0.1) is 0 Å². The van der Waals surface area contributed by atoms with Crippen molar-refractivity contribution >= 4 is 11.7 Å². The maximum Gasteiger partial charge on any atom is 0.377 e. The molecule has 0 saturated heterocycles. The van der Waals surface area contributed by atoms with E-state index >= 15 is 0 Å². The van der Waals surface area contributed by atoms with Gasteiger partial charge in [0.15, 0.2) is 0 Å². The fraction of sp³-hybridized carbons (Fsp3) is 0.364. The molecule has 1 aromatic rings. The van der Waals surface area contributed by atoms with E-state index in [4.69, 9.17) is 0 Å². The Kier molecular flexibility index (Phi) is 4.47. The van der Waals surface area contributed by atoms with Gasteiger partial charge >= 0.3 is 17.6 Å². The summed E-state index contributed by atoms with van der Waals surface area (Å²) in [6, 6.07) is 2.80. The van der Waals surface area contributed by atoms with Gasteiger partial charge in [0.1, 0.15) is 0 Å². The van der Waals surface area contributed by atoms with Crippen molar-refractivity contribution in [1.82, 2.24) is 0 Å². The van der Waals surface area contributed by atoms with Crippen molar-refractivity contribution in [2.24, 2.45) is 0 Å². The van der Waals surface area contributed by atoms with Gasteiger partial charge in [-0.05, 0) is 13.0 Å². The van der Waals surface area contributed by atoms with Crippen molar-refractivity contribution < 1.29 is 27.6 Å². The van der Waals surface area contributed by atoms with Crippen LogP contribution in [0.1, 0.15) is 12.5 Å². The first kappa shape index (κ1) is 14.9. The Morgan fingerprint density at radius 3 is 2.63 bits per heavy atom. The molecule has 0 heterocycles. The quantitative estimate of drug-likeness (QED) is 0.471. The summed E-state index contributed by atoms with van der Waals surface area (Å²) >= 11 is 0. The summed E-state index contributed by atoms with van der Waals surface area (Å²) in [6.45, 7) is 1.10. The van der Waals surface area contributed by atoms with Crippen molar-refractivity contribution in [3.8, 4) is 0 Å². The van der Waals surface area contributed by atoms with Crippen LogP contribution in [0.25, 0.3) is 0 Å². The van der Waals surface area contributed by atoms with Gasteiger partial charge in [0.2, 0.25) is 5.82 Å². The first-order valence-electron chi connectivity index (χ1n) is 5.26. The lowest BCUT2D eigenvalue weighted by Crippen LogP contribution is -2.33. The maximum absolute atomic E-state index is 13.4. The summed E-state index contributed by atoms with van der Waals surface area (Å²) < 4.78 is 44.3. The molecule has 0 bridgehead atoms. The second-order valence-corrected chi connectivity index (χ2v) is 3.61. The minimum Gasteiger partial charge on any atom is -0.462 e. The Hall–Kier alpha value is -2.12. The predicted molar refractivity (Wildman–Crippen MR) is 58.3 cm³/mol. The zero-order chi connectivity index (χ0) is 14.6. The van der Waals surface area contributed by atoms with E-state index in [1.807, 2.05) is 0 Å². The highest BCUT2D eigenvalue weighted by Crippen LogP contribution is 2.29. The molecule has 0 spiro atoms. The molecule has 104 valence electrons. The minimum atomic E-state index is -3.95. The molecule has 0 unspecified atom stereocenters. The number of carbonyl (C=O) groups is 1. The number of halogens is 3. The molecule has 0 saturated carbocycles. The van der Waals surface area contributed by atoms with E-state index in [1.165, 1.54) is 6.92 Å². The van der Waals surface area contributed by atoms with Gasteiger partial charge in [0.25, 0.3) is 0 Å². The SMILES string of the molecule is CCOC(=O)C(F)(F)Cc1cccc(F)c1[N+](=O)[O-]. The van der Waals surface area contributed by atoms with E-state index in [1.54, 1.807) is 0 Å². The van der Waals surface area contributed by atoms with E-state index in [-0.39, 0.29) is 6.61 Å². The number of nitrogens with zero attached hydrogens (tertiary/aromatic N) is 1. The van der Waals surface area contributed by atoms with Crippen LogP contribution >= 0.6 is 0 Å². The van der Waals surface area contributed by atoms with Crippen LogP contribution in [0.15, 0.2) is 18.2 Å². The highest BCUT2D eigenvalue weighted by Gasteiger charge is 2.42. The second-order valence-electron chi connectivity index (χ2n) is 3.61. The van der Waals surface area contributed by atoms with Gasteiger partial charge < -0.3 is 4.74 Å². The average molecular weight is 277 g/mol. The molecule has 0 aliphatic heterocycles. The summed E-state index contributed by atoms with van der Waals surface area (Å²) in [5.74, 6) is -6.98. The third kappa shape index (κ3) is 3.43. The molecule has 0 N–H and O–H groups in total.